The summed E-state index contributed by atoms with van der Waals surface area (Å²) in [5, 5.41) is 11.4. The van der Waals surface area contributed by atoms with Crippen molar-refractivity contribution < 1.29 is 4.39 Å². The van der Waals surface area contributed by atoms with E-state index in [4.69, 9.17) is 0 Å². The van der Waals surface area contributed by atoms with Gasteiger partial charge in [0.05, 0.1) is 11.9 Å². The Labute approximate surface area is 121 Å². The summed E-state index contributed by atoms with van der Waals surface area (Å²) in [6.45, 7) is 2.83. The minimum absolute atomic E-state index is 0.176. The normalized spacial score (nSPS) is 15.5. The molecule has 0 saturated heterocycles. The quantitative estimate of drug-likeness (QED) is 0.774. The number of nitrogens with one attached hydrogen (secondary N) is 2. The van der Waals surface area contributed by atoms with Crippen molar-refractivity contribution in [1.82, 2.24) is 25.3 Å². The molecule has 0 atom stereocenters. The third kappa shape index (κ3) is 2.31. The van der Waals surface area contributed by atoms with E-state index in [2.05, 4.69) is 25.3 Å². The van der Waals surface area contributed by atoms with Crippen LogP contribution < -0.4 is 0 Å². The summed E-state index contributed by atoms with van der Waals surface area (Å²) in [5.74, 6) is -0.176. The predicted octanol–water partition coefficient (Wildman–Crippen LogP) is 2.03. The number of aromatic amines is 2. The summed E-state index contributed by atoms with van der Waals surface area (Å²) in [6.07, 6.45) is 3.64. The van der Waals surface area contributed by atoms with Gasteiger partial charge in [0.25, 0.3) is 0 Å². The van der Waals surface area contributed by atoms with Gasteiger partial charge in [-0.1, -0.05) is 5.21 Å². The van der Waals surface area contributed by atoms with Crippen molar-refractivity contribution in [3.63, 3.8) is 0 Å². The molecule has 0 saturated carbocycles. The Hall–Kier alpha value is -2.21. The topological polar surface area (TPSA) is 60.6 Å². The number of nitrogens with zero attached hydrogens (tertiary/aromatic N) is 3. The Morgan fingerprint density at radius 3 is 3.14 bits per heavy atom. The molecule has 0 spiro atoms. The molecule has 0 amide bonds. The molecule has 1 aliphatic rings. The molecule has 2 aromatic heterocycles. The third-order valence-corrected chi connectivity index (χ3v) is 4.18. The van der Waals surface area contributed by atoms with Crippen LogP contribution in [0.4, 0.5) is 4.39 Å². The van der Waals surface area contributed by atoms with Crippen LogP contribution in [-0.2, 0) is 19.4 Å². The zero-order chi connectivity index (χ0) is 14.2. The molecular weight excluding hydrogens is 269 g/mol. The van der Waals surface area contributed by atoms with Gasteiger partial charge in [-0.2, -0.15) is 0 Å². The number of hydrogen-bond acceptors (Lipinski definition) is 3. The lowest BCUT2D eigenvalue weighted by molar-refractivity contribution is 0.256. The van der Waals surface area contributed by atoms with Crippen LogP contribution in [0.5, 0.6) is 0 Å². The highest BCUT2D eigenvalue weighted by Gasteiger charge is 2.20. The van der Waals surface area contributed by atoms with Crippen LogP contribution in [0.15, 0.2) is 24.4 Å². The number of rotatable bonds is 3. The van der Waals surface area contributed by atoms with Gasteiger partial charge in [-0.15, -0.1) is 5.10 Å². The Bertz CT molecular complexity index is 762. The van der Waals surface area contributed by atoms with Gasteiger partial charge in [-0.05, 0) is 23.8 Å². The fraction of sp³-hybridized carbons (Fsp3) is 0.333. The van der Waals surface area contributed by atoms with Crippen LogP contribution in [-0.4, -0.2) is 38.4 Å². The molecule has 6 heteroatoms. The van der Waals surface area contributed by atoms with E-state index in [-0.39, 0.29) is 5.82 Å². The monoisotopic (exact) mass is 285 g/mol. The van der Waals surface area contributed by atoms with Crippen LogP contribution in [0, 0.1) is 5.82 Å². The average molecular weight is 285 g/mol. The smallest absolute Gasteiger partial charge is 0.123 e. The lowest BCUT2D eigenvalue weighted by Crippen LogP contribution is -2.32. The molecular formula is C15H16FN5. The van der Waals surface area contributed by atoms with E-state index in [0.717, 1.165) is 49.1 Å². The largest absolute Gasteiger partial charge is 0.358 e. The van der Waals surface area contributed by atoms with Crippen LogP contribution >= 0.6 is 0 Å². The fourth-order valence-electron chi connectivity index (χ4n) is 3.05. The number of H-pyrrole nitrogens is 2. The molecule has 0 fully saturated rings. The molecule has 0 unspecified atom stereocenters. The molecule has 108 valence electrons. The van der Waals surface area contributed by atoms with Crippen molar-refractivity contribution in [2.45, 2.75) is 19.4 Å². The highest BCUT2D eigenvalue weighted by Crippen LogP contribution is 2.28. The third-order valence-electron chi connectivity index (χ3n) is 4.18. The molecule has 5 nitrogen and oxygen atoms in total. The van der Waals surface area contributed by atoms with Crippen LogP contribution in [0.3, 0.4) is 0 Å². The van der Waals surface area contributed by atoms with Crippen molar-refractivity contribution in [2.24, 2.45) is 0 Å². The highest BCUT2D eigenvalue weighted by atomic mass is 19.1. The van der Waals surface area contributed by atoms with Gasteiger partial charge in [0.1, 0.15) is 5.82 Å². The molecule has 3 aromatic rings. The zero-order valence-electron chi connectivity index (χ0n) is 11.6. The minimum Gasteiger partial charge on any atom is -0.358 e. The van der Waals surface area contributed by atoms with Gasteiger partial charge in [-0.25, -0.2) is 4.39 Å². The summed E-state index contributed by atoms with van der Waals surface area (Å²) < 4.78 is 13.5. The van der Waals surface area contributed by atoms with E-state index >= 15 is 0 Å². The van der Waals surface area contributed by atoms with Gasteiger partial charge < -0.3 is 4.98 Å². The molecule has 0 radical (unpaired) electrons. The van der Waals surface area contributed by atoms with Crippen molar-refractivity contribution in [1.29, 1.82) is 0 Å². The van der Waals surface area contributed by atoms with Gasteiger partial charge in [0.15, 0.2) is 0 Å². The summed E-state index contributed by atoms with van der Waals surface area (Å²) in [4.78, 5) is 5.80. The maximum absolute atomic E-state index is 13.5. The SMILES string of the molecule is Fc1ccc2[nH]c3c(c2c1)CN(CCc1cnn[nH]1)CC3. The molecule has 21 heavy (non-hydrogen) atoms. The first-order chi connectivity index (χ1) is 10.3. The summed E-state index contributed by atoms with van der Waals surface area (Å²) in [5.41, 5.74) is 4.56. The first kappa shape index (κ1) is 12.5. The Morgan fingerprint density at radius 1 is 1.33 bits per heavy atom. The van der Waals surface area contributed by atoms with E-state index in [1.54, 1.807) is 12.3 Å². The van der Waals surface area contributed by atoms with E-state index < -0.39 is 0 Å². The molecule has 0 aliphatic carbocycles. The van der Waals surface area contributed by atoms with Gasteiger partial charge >= 0.3 is 0 Å². The van der Waals surface area contributed by atoms with Crippen LogP contribution in [0.25, 0.3) is 10.9 Å². The second kappa shape index (κ2) is 4.96. The molecule has 4 rings (SSSR count). The molecule has 0 bridgehead atoms. The number of aromatic nitrogens is 4. The van der Waals surface area contributed by atoms with Gasteiger partial charge in [0, 0.05) is 49.1 Å². The number of fused-ring (bicyclic) bond motifs is 3. The van der Waals surface area contributed by atoms with Crippen molar-refractivity contribution in [3.8, 4) is 0 Å². The van der Waals surface area contributed by atoms with Crippen molar-refractivity contribution in [3.05, 3.63) is 47.2 Å². The van der Waals surface area contributed by atoms with Crippen molar-refractivity contribution in [2.75, 3.05) is 13.1 Å². The van der Waals surface area contributed by atoms with E-state index in [1.807, 2.05) is 6.07 Å². The second-order valence-corrected chi connectivity index (χ2v) is 5.53. The fourth-order valence-corrected chi connectivity index (χ4v) is 3.05. The summed E-state index contributed by atoms with van der Waals surface area (Å²) in [7, 11) is 0. The molecule has 2 N–H and O–H groups in total. The first-order valence-electron chi connectivity index (χ1n) is 7.16. The lowest BCUT2D eigenvalue weighted by Gasteiger charge is -2.26. The number of benzene rings is 1. The van der Waals surface area contributed by atoms with Crippen LogP contribution in [0.1, 0.15) is 17.0 Å². The summed E-state index contributed by atoms with van der Waals surface area (Å²) in [6, 6.07) is 4.96. The minimum atomic E-state index is -0.176. The first-order valence-corrected chi connectivity index (χ1v) is 7.16. The number of halogens is 1. The summed E-state index contributed by atoms with van der Waals surface area (Å²) >= 11 is 0. The van der Waals surface area contributed by atoms with Gasteiger partial charge in [0.2, 0.25) is 0 Å². The zero-order valence-corrected chi connectivity index (χ0v) is 11.6. The van der Waals surface area contributed by atoms with E-state index in [9.17, 15) is 4.39 Å². The van der Waals surface area contributed by atoms with E-state index in [0.29, 0.717) is 0 Å². The molecule has 1 aliphatic heterocycles. The van der Waals surface area contributed by atoms with Crippen LogP contribution in [0.2, 0.25) is 0 Å². The maximum atomic E-state index is 13.5. The lowest BCUT2D eigenvalue weighted by atomic mass is 10.0. The van der Waals surface area contributed by atoms with Crippen molar-refractivity contribution >= 4 is 10.9 Å². The van der Waals surface area contributed by atoms with Gasteiger partial charge in [-0.3, -0.25) is 10.00 Å². The number of hydrogen-bond donors (Lipinski definition) is 2. The Balaban J connectivity index is 1.56. The Morgan fingerprint density at radius 2 is 2.29 bits per heavy atom. The maximum Gasteiger partial charge on any atom is 0.123 e. The molecule has 3 heterocycles. The highest BCUT2D eigenvalue weighted by molar-refractivity contribution is 5.84. The standard InChI is InChI=1S/C15H16FN5/c16-10-1-2-14-12(7-10)13-9-21(6-4-15(13)18-14)5-3-11-8-17-20-19-11/h1-2,7-8,18H,3-6,9H2,(H,17,19,20). The Kier molecular flexibility index (Phi) is 2.96. The predicted molar refractivity (Wildman–Crippen MR) is 77.3 cm³/mol. The second-order valence-electron chi connectivity index (χ2n) is 5.53. The average Bonchev–Trinajstić information content (AvgIpc) is 3.12. The van der Waals surface area contributed by atoms with E-state index in [1.165, 1.54) is 17.3 Å². The molecule has 1 aromatic carbocycles.